The molecule has 0 aromatic carbocycles. The number of nitrogens with zero attached hydrogens (tertiary/aromatic N) is 4. The molecule has 4 heterocycles. The minimum atomic E-state index is 0.647. The average Bonchev–Trinajstić information content (AvgIpc) is 3.11. The van der Waals surface area contributed by atoms with E-state index in [0.29, 0.717) is 5.65 Å². The second kappa shape index (κ2) is 5.26. The summed E-state index contributed by atoms with van der Waals surface area (Å²) in [6.07, 6.45) is 3.54. The van der Waals surface area contributed by atoms with Gasteiger partial charge in [0.2, 0.25) is 0 Å². The van der Waals surface area contributed by atoms with Crippen molar-refractivity contribution < 1.29 is 4.42 Å². The topological polar surface area (TPSA) is 80.5 Å². The van der Waals surface area contributed by atoms with Gasteiger partial charge in [0.25, 0.3) is 0 Å². The van der Waals surface area contributed by atoms with Crippen molar-refractivity contribution in [3.8, 4) is 22.7 Å². The third-order valence-corrected chi connectivity index (χ3v) is 4.18. The summed E-state index contributed by atoms with van der Waals surface area (Å²) in [4.78, 5) is 13.5. The molecular weight excluding hydrogens is 302 g/mol. The zero-order valence-electron chi connectivity index (χ0n) is 14.0. The molecule has 0 amide bonds. The number of H-pyrrole nitrogens is 1. The summed E-state index contributed by atoms with van der Waals surface area (Å²) in [5.74, 6) is 1.62. The van der Waals surface area contributed by atoms with Crippen LogP contribution in [0.3, 0.4) is 0 Å². The highest BCUT2D eigenvalue weighted by molar-refractivity contribution is 5.95. The van der Waals surface area contributed by atoms with Crippen LogP contribution in [0.15, 0.2) is 28.9 Å². The molecule has 0 aliphatic rings. The molecule has 0 aliphatic carbocycles. The number of pyridine rings is 1. The Kier molecular flexibility index (Phi) is 3.19. The number of aromatic amines is 1. The van der Waals surface area contributed by atoms with Gasteiger partial charge in [-0.25, -0.2) is 4.98 Å². The van der Waals surface area contributed by atoms with Gasteiger partial charge in [-0.15, -0.1) is 0 Å². The fourth-order valence-corrected chi connectivity index (χ4v) is 2.73. The molecule has 0 saturated carbocycles. The maximum Gasteiger partial charge on any atom is 0.182 e. The predicted octanol–water partition coefficient (Wildman–Crippen LogP) is 3.91. The summed E-state index contributed by atoms with van der Waals surface area (Å²) in [7, 11) is 0. The smallest absolute Gasteiger partial charge is 0.182 e. The summed E-state index contributed by atoms with van der Waals surface area (Å²) in [6, 6.07) is 3.98. The summed E-state index contributed by atoms with van der Waals surface area (Å²) < 4.78 is 5.83. The molecule has 1 N–H and O–H groups in total. The number of hydrogen-bond acceptors (Lipinski definition) is 5. The first-order valence-corrected chi connectivity index (χ1v) is 7.75. The largest absolute Gasteiger partial charge is 0.459 e. The number of nitrogens with one attached hydrogen (secondary N) is 1. The molecule has 6 heteroatoms. The van der Waals surface area contributed by atoms with Crippen molar-refractivity contribution >= 4 is 11.0 Å². The van der Waals surface area contributed by atoms with Crippen molar-refractivity contribution in [2.75, 3.05) is 0 Å². The lowest BCUT2D eigenvalue weighted by atomic mass is 10.1. The maximum absolute atomic E-state index is 5.83. The van der Waals surface area contributed by atoms with Crippen LogP contribution in [-0.4, -0.2) is 25.1 Å². The van der Waals surface area contributed by atoms with Crippen molar-refractivity contribution in [1.82, 2.24) is 25.1 Å². The van der Waals surface area contributed by atoms with Crippen molar-refractivity contribution in [2.24, 2.45) is 0 Å². The summed E-state index contributed by atoms with van der Waals surface area (Å²) in [5.41, 5.74) is 6.05. The van der Waals surface area contributed by atoms with Gasteiger partial charge in [0, 0.05) is 17.5 Å². The van der Waals surface area contributed by atoms with E-state index >= 15 is 0 Å². The molecule has 0 radical (unpaired) electrons. The molecule has 0 aliphatic heterocycles. The lowest BCUT2D eigenvalue weighted by molar-refractivity contribution is 0.544. The zero-order chi connectivity index (χ0) is 16.8. The van der Waals surface area contributed by atoms with Crippen molar-refractivity contribution in [1.29, 1.82) is 0 Å². The normalized spacial score (nSPS) is 11.3. The Bertz CT molecular complexity index is 1020. The van der Waals surface area contributed by atoms with Gasteiger partial charge in [-0.05, 0) is 45.4 Å². The average molecular weight is 319 g/mol. The zero-order valence-corrected chi connectivity index (χ0v) is 14.0. The van der Waals surface area contributed by atoms with E-state index in [9.17, 15) is 0 Å². The van der Waals surface area contributed by atoms with Gasteiger partial charge in [0.1, 0.15) is 11.5 Å². The van der Waals surface area contributed by atoms with Crippen molar-refractivity contribution in [3.63, 3.8) is 0 Å². The number of furan rings is 1. The predicted molar refractivity (Wildman–Crippen MR) is 91.6 cm³/mol. The Morgan fingerprint density at radius 2 is 1.79 bits per heavy atom. The Morgan fingerprint density at radius 3 is 2.46 bits per heavy atom. The number of aryl methyl sites for hydroxylation is 4. The minimum absolute atomic E-state index is 0.647. The molecular formula is C18H17N5O. The van der Waals surface area contributed by atoms with E-state index in [1.165, 1.54) is 0 Å². The van der Waals surface area contributed by atoms with E-state index in [1.54, 1.807) is 12.4 Å². The summed E-state index contributed by atoms with van der Waals surface area (Å²) in [5, 5.41) is 8.27. The first-order chi connectivity index (χ1) is 11.5. The molecule has 4 rings (SSSR count). The number of aromatic nitrogens is 5. The van der Waals surface area contributed by atoms with Crippen LogP contribution >= 0.6 is 0 Å². The van der Waals surface area contributed by atoms with Gasteiger partial charge in [-0.2, -0.15) is 5.10 Å². The minimum Gasteiger partial charge on any atom is -0.459 e. The van der Waals surface area contributed by atoms with Crippen LogP contribution in [0.4, 0.5) is 0 Å². The standard InChI is InChI=1S/C18H17N5O/c1-9-5-16(24-12(9)4)14-6-13(15-8-19-10(2)7-20-15)17-11(3)22-23-18(17)21-14/h5-8H,1-4H3,(H,21,22,23). The van der Waals surface area contributed by atoms with Crippen LogP contribution in [0.25, 0.3) is 33.7 Å². The highest BCUT2D eigenvalue weighted by Gasteiger charge is 2.17. The monoisotopic (exact) mass is 319 g/mol. The molecule has 4 aromatic heterocycles. The van der Waals surface area contributed by atoms with Gasteiger partial charge < -0.3 is 4.42 Å². The quantitative estimate of drug-likeness (QED) is 0.606. The van der Waals surface area contributed by atoms with Crippen LogP contribution in [-0.2, 0) is 0 Å². The van der Waals surface area contributed by atoms with Gasteiger partial charge >= 0.3 is 0 Å². The molecule has 4 aromatic rings. The molecule has 0 unspecified atom stereocenters. The van der Waals surface area contributed by atoms with Gasteiger partial charge in [0.05, 0.1) is 23.0 Å². The lowest BCUT2D eigenvalue weighted by Crippen LogP contribution is -1.92. The Morgan fingerprint density at radius 1 is 0.958 bits per heavy atom. The van der Waals surface area contributed by atoms with Crippen LogP contribution in [0.1, 0.15) is 22.7 Å². The van der Waals surface area contributed by atoms with Gasteiger partial charge in [-0.1, -0.05) is 0 Å². The molecule has 120 valence electrons. The van der Waals surface area contributed by atoms with Crippen molar-refractivity contribution in [2.45, 2.75) is 27.7 Å². The Balaban J connectivity index is 1.99. The SMILES string of the molecule is Cc1cnc(-c2cc(-c3cc(C)c(C)o3)nc3n[nH]c(C)c23)cn1. The number of rotatable bonds is 2. The van der Waals surface area contributed by atoms with Gasteiger partial charge in [0.15, 0.2) is 11.4 Å². The van der Waals surface area contributed by atoms with Crippen LogP contribution < -0.4 is 0 Å². The molecule has 0 saturated heterocycles. The Labute approximate surface area is 139 Å². The molecule has 6 nitrogen and oxygen atoms in total. The molecule has 0 bridgehead atoms. The molecule has 0 fully saturated rings. The third kappa shape index (κ3) is 2.27. The van der Waals surface area contributed by atoms with E-state index < -0.39 is 0 Å². The third-order valence-electron chi connectivity index (χ3n) is 4.18. The first-order valence-electron chi connectivity index (χ1n) is 7.75. The van der Waals surface area contributed by atoms with E-state index in [-0.39, 0.29) is 0 Å². The first kappa shape index (κ1) is 14.6. The van der Waals surface area contributed by atoms with E-state index in [4.69, 9.17) is 4.42 Å². The molecule has 0 spiro atoms. The van der Waals surface area contributed by atoms with Crippen LogP contribution in [0.2, 0.25) is 0 Å². The highest BCUT2D eigenvalue weighted by Crippen LogP contribution is 2.33. The van der Waals surface area contributed by atoms with E-state index in [1.807, 2.05) is 39.8 Å². The van der Waals surface area contributed by atoms with Crippen LogP contribution in [0, 0.1) is 27.7 Å². The van der Waals surface area contributed by atoms with Gasteiger partial charge in [-0.3, -0.25) is 15.1 Å². The van der Waals surface area contributed by atoms with Crippen LogP contribution in [0.5, 0.6) is 0 Å². The fraction of sp³-hybridized carbons (Fsp3) is 0.222. The highest BCUT2D eigenvalue weighted by atomic mass is 16.3. The van der Waals surface area contributed by atoms with E-state index in [0.717, 1.165) is 50.8 Å². The number of hydrogen-bond donors (Lipinski definition) is 1. The number of fused-ring (bicyclic) bond motifs is 1. The fourth-order valence-electron chi connectivity index (χ4n) is 2.73. The Hall–Kier alpha value is -3.02. The second-order valence-corrected chi connectivity index (χ2v) is 6.00. The summed E-state index contributed by atoms with van der Waals surface area (Å²) in [6.45, 7) is 7.86. The molecule has 0 atom stereocenters. The second-order valence-electron chi connectivity index (χ2n) is 6.00. The van der Waals surface area contributed by atoms with E-state index in [2.05, 4.69) is 25.1 Å². The summed E-state index contributed by atoms with van der Waals surface area (Å²) >= 11 is 0. The molecule has 24 heavy (non-hydrogen) atoms. The lowest BCUT2D eigenvalue weighted by Gasteiger charge is -2.06. The van der Waals surface area contributed by atoms with Crippen molar-refractivity contribution in [3.05, 3.63) is 47.2 Å². The maximum atomic E-state index is 5.83.